The molecule has 0 aliphatic rings. The summed E-state index contributed by atoms with van der Waals surface area (Å²) in [6.45, 7) is 0.450. The fourth-order valence-corrected chi connectivity index (χ4v) is 1.93. The van der Waals surface area contributed by atoms with Gasteiger partial charge in [0, 0.05) is 12.1 Å². The predicted octanol–water partition coefficient (Wildman–Crippen LogP) is 2.23. The molecule has 0 bridgehead atoms. The first kappa shape index (κ1) is 15.3. The number of nitrogens with one attached hydrogen (secondary N) is 1. The molecule has 2 rings (SSSR count). The van der Waals surface area contributed by atoms with Crippen molar-refractivity contribution in [3.05, 3.63) is 70.8 Å². The maximum absolute atomic E-state index is 11.9. The first-order valence-corrected chi connectivity index (χ1v) is 6.71. The zero-order valence-corrected chi connectivity index (χ0v) is 11.7. The molecule has 2 aromatic rings. The number of rotatable bonds is 5. The molecule has 22 heavy (non-hydrogen) atoms. The molecule has 0 aliphatic heterocycles. The molecule has 5 nitrogen and oxygen atoms in total. The van der Waals surface area contributed by atoms with Gasteiger partial charge in [0.25, 0.3) is 5.91 Å². The number of carbonyl (C=O) groups is 2. The molecular formula is C17H14N2O3. The van der Waals surface area contributed by atoms with Gasteiger partial charge in [-0.15, -0.1) is 0 Å². The summed E-state index contributed by atoms with van der Waals surface area (Å²) < 4.78 is 0. The van der Waals surface area contributed by atoms with Gasteiger partial charge in [0.15, 0.2) is 0 Å². The molecule has 0 saturated carbocycles. The summed E-state index contributed by atoms with van der Waals surface area (Å²) in [5.41, 5.74) is 2.20. The Hall–Kier alpha value is -3.13. The monoisotopic (exact) mass is 294 g/mol. The third-order valence-electron chi connectivity index (χ3n) is 3.18. The quantitative estimate of drug-likeness (QED) is 0.884. The molecule has 0 aromatic heterocycles. The topological polar surface area (TPSA) is 90.2 Å². The van der Waals surface area contributed by atoms with E-state index in [4.69, 9.17) is 10.4 Å². The van der Waals surface area contributed by atoms with Gasteiger partial charge in [-0.05, 0) is 48.4 Å². The van der Waals surface area contributed by atoms with E-state index in [1.54, 1.807) is 48.5 Å². The third kappa shape index (κ3) is 3.93. The van der Waals surface area contributed by atoms with Gasteiger partial charge in [0.2, 0.25) is 0 Å². The maximum atomic E-state index is 11.9. The Balaban J connectivity index is 1.86. The van der Waals surface area contributed by atoms with Crippen molar-refractivity contribution in [2.45, 2.75) is 6.42 Å². The molecule has 0 aliphatic carbocycles. The van der Waals surface area contributed by atoms with Crippen LogP contribution in [0.3, 0.4) is 0 Å². The van der Waals surface area contributed by atoms with Crippen molar-refractivity contribution < 1.29 is 14.7 Å². The van der Waals surface area contributed by atoms with Gasteiger partial charge in [-0.2, -0.15) is 5.26 Å². The van der Waals surface area contributed by atoms with Crippen molar-refractivity contribution >= 4 is 11.9 Å². The zero-order valence-electron chi connectivity index (χ0n) is 11.7. The number of carbonyl (C=O) groups excluding carboxylic acids is 1. The van der Waals surface area contributed by atoms with Crippen molar-refractivity contribution in [2.24, 2.45) is 0 Å². The zero-order chi connectivity index (χ0) is 15.9. The molecule has 0 fully saturated rings. The largest absolute Gasteiger partial charge is 0.478 e. The number of aromatic carboxylic acids is 1. The van der Waals surface area contributed by atoms with E-state index in [1.807, 2.05) is 6.07 Å². The lowest BCUT2D eigenvalue weighted by Gasteiger charge is -2.06. The van der Waals surface area contributed by atoms with Crippen LogP contribution in [0.2, 0.25) is 0 Å². The number of nitrogens with zero attached hydrogens (tertiary/aromatic N) is 1. The molecule has 110 valence electrons. The van der Waals surface area contributed by atoms with E-state index in [2.05, 4.69) is 5.32 Å². The Morgan fingerprint density at radius 2 is 1.59 bits per heavy atom. The lowest BCUT2D eigenvalue weighted by atomic mass is 10.1. The minimum Gasteiger partial charge on any atom is -0.478 e. The minimum absolute atomic E-state index is 0.202. The van der Waals surface area contributed by atoms with E-state index in [0.717, 1.165) is 5.56 Å². The maximum Gasteiger partial charge on any atom is 0.335 e. The number of benzene rings is 2. The van der Waals surface area contributed by atoms with Gasteiger partial charge in [0.05, 0.1) is 17.2 Å². The van der Waals surface area contributed by atoms with E-state index in [-0.39, 0.29) is 11.5 Å². The summed E-state index contributed by atoms with van der Waals surface area (Å²) in [5, 5.41) is 20.3. The van der Waals surface area contributed by atoms with E-state index >= 15 is 0 Å². The van der Waals surface area contributed by atoms with Gasteiger partial charge < -0.3 is 10.4 Å². The van der Waals surface area contributed by atoms with Gasteiger partial charge in [-0.3, -0.25) is 4.79 Å². The van der Waals surface area contributed by atoms with Crippen LogP contribution in [0.15, 0.2) is 48.5 Å². The highest BCUT2D eigenvalue weighted by atomic mass is 16.4. The van der Waals surface area contributed by atoms with Crippen molar-refractivity contribution in [3.63, 3.8) is 0 Å². The summed E-state index contributed by atoms with van der Waals surface area (Å²) in [6.07, 6.45) is 0.613. The molecule has 2 N–H and O–H groups in total. The van der Waals surface area contributed by atoms with Crippen LogP contribution >= 0.6 is 0 Å². The molecule has 0 heterocycles. The second-order valence-electron chi connectivity index (χ2n) is 4.70. The number of amides is 1. The van der Waals surface area contributed by atoms with Crippen molar-refractivity contribution in [1.82, 2.24) is 5.32 Å². The van der Waals surface area contributed by atoms with Crippen molar-refractivity contribution in [1.29, 1.82) is 5.26 Å². The van der Waals surface area contributed by atoms with Crippen LogP contribution in [-0.2, 0) is 6.42 Å². The van der Waals surface area contributed by atoms with Gasteiger partial charge in [0.1, 0.15) is 0 Å². The number of carboxylic acids is 1. The SMILES string of the molecule is N#Cc1ccc(C(=O)NCCc2ccc(C(=O)O)cc2)cc1. The van der Waals surface area contributed by atoms with Crippen LogP contribution in [0.1, 0.15) is 31.8 Å². The van der Waals surface area contributed by atoms with Crippen LogP contribution in [0.5, 0.6) is 0 Å². The Bertz CT molecular complexity index is 713. The fourth-order valence-electron chi connectivity index (χ4n) is 1.93. The van der Waals surface area contributed by atoms with Crippen LogP contribution < -0.4 is 5.32 Å². The highest BCUT2D eigenvalue weighted by molar-refractivity contribution is 5.94. The predicted molar refractivity (Wildman–Crippen MR) is 80.6 cm³/mol. The van der Waals surface area contributed by atoms with Gasteiger partial charge >= 0.3 is 5.97 Å². The van der Waals surface area contributed by atoms with Crippen LogP contribution in [0.25, 0.3) is 0 Å². The van der Waals surface area contributed by atoms with E-state index < -0.39 is 5.97 Å². The van der Waals surface area contributed by atoms with Crippen LogP contribution in [0.4, 0.5) is 0 Å². The van der Waals surface area contributed by atoms with Crippen LogP contribution in [-0.4, -0.2) is 23.5 Å². The molecule has 0 saturated heterocycles. The highest BCUT2D eigenvalue weighted by Gasteiger charge is 2.05. The first-order chi connectivity index (χ1) is 10.6. The number of hydrogen-bond donors (Lipinski definition) is 2. The number of hydrogen-bond acceptors (Lipinski definition) is 3. The second kappa shape index (κ2) is 7.04. The lowest BCUT2D eigenvalue weighted by molar-refractivity contribution is 0.0696. The number of nitriles is 1. The van der Waals surface area contributed by atoms with Crippen molar-refractivity contribution in [2.75, 3.05) is 6.54 Å². The summed E-state index contributed by atoms with van der Waals surface area (Å²) in [6, 6.07) is 15.0. The number of carboxylic acid groups (broad SMARTS) is 1. The average molecular weight is 294 g/mol. The smallest absolute Gasteiger partial charge is 0.335 e. The standard InChI is InChI=1S/C17H14N2O3/c18-11-13-3-5-14(6-4-13)16(20)19-10-9-12-1-7-15(8-2-12)17(21)22/h1-8H,9-10H2,(H,19,20)(H,21,22). The van der Waals surface area contributed by atoms with Gasteiger partial charge in [-0.1, -0.05) is 12.1 Å². The van der Waals surface area contributed by atoms with Crippen molar-refractivity contribution in [3.8, 4) is 6.07 Å². The summed E-state index contributed by atoms with van der Waals surface area (Å²) in [4.78, 5) is 22.6. The molecule has 2 aromatic carbocycles. The normalized spacial score (nSPS) is 9.77. The minimum atomic E-state index is -0.958. The van der Waals surface area contributed by atoms with Crippen LogP contribution in [0, 0.1) is 11.3 Å². The Kier molecular flexibility index (Phi) is 4.89. The highest BCUT2D eigenvalue weighted by Crippen LogP contribution is 2.06. The summed E-state index contributed by atoms with van der Waals surface area (Å²) in [7, 11) is 0. The molecule has 0 radical (unpaired) electrons. The third-order valence-corrected chi connectivity index (χ3v) is 3.18. The van der Waals surface area contributed by atoms with Gasteiger partial charge in [-0.25, -0.2) is 4.79 Å². The lowest BCUT2D eigenvalue weighted by Crippen LogP contribution is -2.25. The molecule has 0 atom stereocenters. The average Bonchev–Trinajstić information content (AvgIpc) is 2.55. The first-order valence-electron chi connectivity index (χ1n) is 6.71. The molecule has 0 unspecified atom stereocenters. The Morgan fingerprint density at radius 1 is 1.00 bits per heavy atom. The Morgan fingerprint density at radius 3 is 2.14 bits per heavy atom. The molecule has 0 spiro atoms. The Labute approximate surface area is 127 Å². The molecular weight excluding hydrogens is 280 g/mol. The second-order valence-corrected chi connectivity index (χ2v) is 4.70. The molecule has 1 amide bonds. The van der Waals surface area contributed by atoms with E-state index in [1.165, 1.54) is 0 Å². The fraction of sp³-hybridized carbons (Fsp3) is 0.118. The van der Waals surface area contributed by atoms with E-state index in [0.29, 0.717) is 24.1 Å². The van der Waals surface area contributed by atoms with E-state index in [9.17, 15) is 9.59 Å². The summed E-state index contributed by atoms with van der Waals surface area (Å²) in [5.74, 6) is -1.16. The summed E-state index contributed by atoms with van der Waals surface area (Å²) >= 11 is 0. The molecule has 5 heteroatoms.